The molecule has 4 heterocycles. The first-order valence-electron chi connectivity index (χ1n) is 10.7. The van der Waals surface area contributed by atoms with Crippen LogP contribution in [0, 0.1) is 0 Å². The summed E-state index contributed by atoms with van der Waals surface area (Å²) in [6.45, 7) is 1.10. The molecule has 1 aliphatic carbocycles. The van der Waals surface area contributed by atoms with Crippen LogP contribution in [0.4, 0.5) is 5.95 Å². The summed E-state index contributed by atoms with van der Waals surface area (Å²) in [5, 5.41) is 10.9. The Balaban J connectivity index is 1.17. The van der Waals surface area contributed by atoms with Crippen LogP contribution in [-0.2, 0) is 9.47 Å². The summed E-state index contributed by atoms with van der Waals surface area (Å²) in [6.07, 6.45) is 9.48. The van der Waals surface area contributed by atoms with Crippen molar-refractivity contribution in [3.05, 3.63) is 30.7 Å². The lowest BCUT2D eigenvalue weighted by Crippen LogP contribution is -2.51. The van der Waals surface area contributed by atoms with E-state index in [0.717, 1.165) is 5.69 Å². The molecule has 4 unspecified atom stereocenters. The molecule has 0 aromatic carbocycles. The van der Waals surface area contributed by atoms with Crippen molar-refractivity contribution in [3.8, 4) is 11.5 Å². The smallest absolute Gasteiger partial charge is 0.223 e. The number of hydrogen-bond donors (Lipinski definition) is 3. The maximum Gasteiger partial charge on any atom is 0.223 e. The SMILES string of the molecule is S=C(NC1CCCCC1)NC1COC2C(Nc3nccc(-c4ccco4)n3)COC12. The molecule has 5 rings (SSSR count). The lowest BCUT2D eigenvalue weighted by molar-refractivity contribution is 0.0688. The average molecular weight is 430 g/mol. The van der Waals surface area contributed by atoms with Crippen molar-refractivity contribution < 1.29 is 13.9 Å². The van der Waals surface area contributed by atoms with E-state index in [1.807, 2.05) is 18.2 Å². The molecule has 0 bridgehead atoms. The number of nitrogens with zero attached hydrogens (tertiary/aromatic N) is 2. The second-order valence-electron chi connectivity index (χ2n) is 8.15. The summed E-state index contributed by atoms with van der Waals surface area (Å²) in [5.41, 5.74) is 0.735. The standard InChI is InChI=1S/C21H27N5O3S/c30-21(23-13-5-2-1-3-6-13)26-16-12-29-18-15(11-28-19(16)18)25-20-22-9-8-14(24-20)17-7-4-10-27-17/h4,7-10,13,15-16,18-19H,1-3,5-6,11-12H2,(H,22,24,25)(H2,23,26,30). The molecular formula is C21H27N5O3S. The molecule has 160 valence electrons. The van der Waals surface area contributed by atoms with Crippen molar-refractivity contribution in [1.29, 1.82) is 0 Å². The topological polar surface area (TPSA) is 93.5 Å². The Morgan fingerprint density at radius 2 is 1.80 bits per heavy atom. The van der Waals surface area contributed by atoms with Gasteiger partial charge in [0.25, 0.3) is 0 Å². The van der Waals surface area contributed by atoms with E-state index in [9.17, 15) is 0 Å². The summed E-state index contributed by atoms with van der Waals surface area (Å²) in [5.74, 6) is 1.24. The zero-order chi connectivity index (χ0) is 20.3. The van der Waals surface area contributed by atoms with Crippen molar-refractivity contribution in [2.24, 2.45) is 0 Å². The zero-order valence-corrected chi connectivity index (χ0v) is 17.6. The van der Waals surface area contributed by atoms with Crippen LogP contribution in [0.3, 0.4) is 0 Å². The highest BCUT2D eigenvalue weighted by Gasteiger charge is 2.48. The molecule has 3 N–H and O–H groups in total. The molecule has 3 fully saturated rings. The van der Waals surface area contributed by atoms with Crippen molar-refractivity contribution in [1.82, 2.24) is 20.6 Å². The third-order valence-corrected chi connectivity index (χ3v) is 6.29. The monoisotopic (exact) mass is 429 g/mol. The van der Waals surface area contributed by atoms with E-state index < -0.39 is 0 Å². The van der Waals surface area contributed by atoms with Crippen molar-refractivity contribution in [2.45, 2.75) is 62.4 Å². The molecule has 2 aromatic rings. The van der Waals surface area contributed by atoms with E-state index in [1.165, 1.54) is 32.1 Å². The maximum absolute atomic E-state index is 6.06. The molecule has 0 radical (unpaired) electrons. The minimum Gasteiger partial charge on any atom is -0.463 e. The zero-order valence-electron chi connectivity index (χ0n) is 16.8. The lowest BCUT2D eigenvalue weighted by atomic mass is 9.96. The molecule has 8 nitrogen and oxygen atoms in total. The van der Waals surface area contributed by atoms with Crippen LogP contribution in [0.2, 0.25) is 0 Å². The average Bonchev–Trinajstić information content (AvgIpc) is 3.50. The molecule has 2 aliphatic heterocycles. The summed E-state index contributed by atoms with van der Waals surface area (Å²) in [7, 11) is 0. The predicted molar refractivity (Wildman–Crippen MR) is 116 cm³/mol. The van der Waals surface area contributed by atoms with Gasteiger partial charge in [-0.25, -0.2) is 9.97 Å². The number of nitrogens with one attached hydrogen (secondary N) is 3. The van der Waals surface area contributed by atoms with Gasteiger partial charge < -0.3 is 29.8 Å². The first-order valence-corrected chi connectivity index (χ1v) is 11.1. The number of fused-ring (bicyclic) bond motifs is 1. The lowest BCUT2D eigenvalue weighted by Gasteiger charge is -2.26. The van der Waals surface area contributed by atoms with Gasteiger partial charge in [-0.2, -0.15) is 0 Å². The Labute approximate surface area is 181 Å². The van der Waals surface area contributed by atoms with Crippen LogP contribution in [0.25, 0.3) is 11.5 Å². The van der Waals surface area contributed by atoms with Crippen molar-refractivity contribution in [3.63, 3.8) is 0 Å². The number of anilines is 1. The Morgan fingerprint density at radius 1 is 1.00 bits per heavy atom. The van der Waals surface area contributed by atoms with Crippen molar-refractivity contribution in [2.75, 3.05) is 18.5 Å². The van der Waals surface area contributed by atoms with Gasteiger partial charge in [-0.3, -0.25) is 0 Å². The first-order chi connectivity index (χ1) is 14.8. The van der Waals surface area contributed by atoms with Gasteiger partial charge >= 0.3 is 0 Å². The van der Waals surface area contributed by atoms with Gasteiger partial charge in [0.2, 0.25) is 5.95 Å². The minimum absolute atomic E-state index is 0.0199. The number of hydrogen-bond acceptors (Lipinski definition) is 7. The van der Waals surface area contributed by atoms with Crippen LogP contribution in [0.5, 0.6) is 0 Å². The predicted octanol–water partition coefficient (Wildman–Crippen LogP) is 2.48. The van der Waals surface area contributed by atoms with E-state index in [-0.39, 0.29) is 24.3 Å². The third-order valence-electron chi connectivity index (χ3n) is 6.05. The van der Waals surface area contributed by atoms with Crippen molar-refractivity contribution >= 4 is 23.3 Å². The maximum atomic E-state index is 6.06. The van der Waals surface area contributed by atoms with E-state index in [4.69, 9.17) is 26.1 Å². The Bertz CT molecular complexity index is 858. The number of aromatic nitrogens is 2. The highest BCUT2D eigenvalue weighted by atomic mass is 32.1. The minimum atomic E-state index is -0.0733. The molecule has 1 saturated carbocycles. The summed E-state index contributed by atoms with van der Waals surface area (Å²) in [6, 6.07) is 6.04. The molecule has 9 heteroatoms. The third kappa shape index (κ3) is 4.28. The highest BCUT2D eigenvalue weighted by Crippen LogP contribution is 2.29. The number of rotatable bonds is 5. The van der Waals surface area contributed by atoms with Gasteiger partial charge in [0.1, 0.15) is 17.9 Å². The van der Waals surface area contributed by atoms with Gasteiger partial charge in [-0.1, -0.05) is 19.3 Å². The first kappa shape index (κ1) is 19.7. The second-order valence-corrected chi connectivity index (χ2v) is 8.56. The molecule has 2 saturated heterocycles. The van der Waals surface area contributed by atoms with Gasteiger partial charge in [-0.05, 0) is 43.3 Å². The van der Waals surface area contributed by atoms with E-state index in [0.29, 0.717) is 36.1 Å². The van der Waals surface area contributed by atoms with Crippen LogP contribution >= 0.6 is 12.2 Å². The quantitative estimate of drug-likeness (QED) is 0.620. The molecule has 30 heavy (non-hydrogen) atoms. The number of thiocarbonyl (C=S) groups is 1. The summed E-state index contributed by atoms with van der Waals surface area (Å²) in [4.78, 5) is 8.89. The van der Waals surface area contributed by atoms with Crippen LogP contribution in [-0.4, -0.2) is 58.6 Å². The molecular weight excluding hydrogens is 402 g/mol. The van der Waals surface area contributed by atoms with Crippen LogP contribution in [0.15, 0.2) is 35.1 Å². The highest BCUT2D eigenvalue weighted by molar-refractivity contribution is 7.80. The summed E-state index contributed by atoms with van der Waals surface area (Å²) >= 11 is 5.54. The van der Waals surface area contributed by atoms with E-state index >= 15 is 0 Å². The normalized spacial score (nSPS) is 28.8. The molecule has 4 atom stereocenters. The molecule has 3 aliphatic rings. The van der Waals surface area contributed by atoms with Gasteiger partial charge in [0.05, 0.1) is 31.6 Å². The Kier molecular flexibility index (Phi) is 5.83. The Morgan fingerprint density at radius 3 is 2.60 bits per heavy atom. The van der Waals surface area contributed by atoms with E-state index in [1.54, 1.807) is 12.5 Å². The molecule has 0 amide bonds. The number of furan rings is 1. The largest absolute Gasteiger partial charge is 0.463 e. The second kappa shape index (κ2) is 8.87. The van der Waals surface area contributed by atoms with Gasteiger partial charge in [0.15, 0.2) is 10.9 Å². The molecule has 2 aromatic heterocycles. The number of ether oxygens (including phenoxy) is 2. The van der Waals surface area contributed by atoms with Crippen LogP contribution < -0.4 is 16.0 Å². The van der Waals surface area contributed by atoms with Crippen LogP contribution in [0.1, 0.15) is 32.1 Å². The van der Waals surface area contributed by atoms with Gasteiger partial charge in [0, 0.05) is 12.2 Å². The fraction of sp³-hybridized carbons (Fsp3) is 0.571. The molecule has 0 spiro atoms. The Hall–Kier alpha value is -2.23. The van der Waals surface area contributed by atoms with Gasteiger partial charge in [-0.15, -0.1) is 0 Å². The van der Waals surface area contributed by atoms with E-state index in [2.05, 4.69) is 25.9 Å². The summed E-state index contributed by atoms with van der Waals surface area (Å²) < 4.78 is 17.5. The fourth-order valence-corrected chi connectivity index (χ4v) is 4.86. The fourth-order valence-electron chi connectivity index (χ4n) is 4.54.